The van der Waals surface area contributed by atoms with Crippen LogP contribution in [-0.4, -0.2) is 31.1 Å². The van der Waals surface area contributed by atoms with Gasteiger partial charge in [-0.15, -0.1) is 12.4 Å². The minimum absolute atomic E-state index is 0. The second kappa shape index (κ2) is 8.22. The molecule has 1 atom stereocenters. The Hall–Kier alpha value is -0.860. The summed E-state index contributed by atoms with van der Waals surface area (Å²) in [6, 6.07) is 2.75. The third-order valence-electron chi connectivity index (χ3n) is 4.05. The van der Waals surface area contributed by atoms with Crippen LogP contribution in [-0.2, 0) is 6.18 Å². The summed E-state index contributed by atoms with van der Waals surface area (Å²) in [4.78, 5) is 1.98. The quantitative estimate of drug-likeness (QED) is 0.712. The number of nitrogens with zero attached hydrogens (tertiary/aromatic N) is 1. The van der Waals surface area contributed by atoms with E-state index in [0.717, 1.165) is 11.6 Å². The fourth-order valence-corrected chi connectivity index (χ4v) is 3.84. The highest BCUT2D eigenvalue weighted by atomic mass is 35.5. The van der Waals surface area contributed by atoms with Crippen molar-refractivity contribution >= 4 is 35.3 Å². The molecule has 1 N–H and O–H groups in total. The first-order chi connectivity index (χ1) is 11.4. The van der Waals surface area contributed by atoms with Gasteiger partial charge in [-0.25, -0.2) is 4.39 Å². The Labute approximate surface area is 158 Å². The van der Waals surface area contributed by atoms with E-state index in [2.05, 4.69) is 5.32 Å². The average Bonchev–Trinajstić information content (AvgIpc) is 3.05. The molecule has 0 unspecified atom stereocenters. The fraction of sp³-hybridized carbons (Fsp3) is 0.375. The number of alkyl halides is 3. The van der Waals surface area contributed by atoms with Gasteiger partial charge in [0.15, 0.2) is 0 Å². The summed E-state index contributed by atoms with van der Waals surface area (Å²) in [5.41, 5.74) is -0.189. The second-order valence-corrected chi connectivity index (χ2v) is 6.79. The lowest BCUT2D eigenvalue weighted by atomic mass is 9.96. The number of halogens is 6. The van der Waals surface area contributed by atoms with Crippen molar-refractivity contribution < 1.29 is 17.6 Å². The topological polar surface area (TPSA) is 15.3 Å². The van der Waals surface area contributed by atoms with Crippen LogP contribution >= 0.6 is 35.3 Å². The van der Waals surface area contributed by atoms with Crippen molar-refractivity contribution in [3.05, 3.63) is 56.5 Å². The Morgan fingerprint density at radius 1 is 1.20 bits per heavy atom. The summed E-state index contributed by atoms with van der Waals surface area (Å²) >= 11 is 7.19. The number of benzene rings is 1. The highest BCUT2D eigenvalue weighted by molar-refractivity contribution is 7.08. The summed E-state index contributed by atoms with van der Waals surface area (Å²) in [7, 11) is 0. The Morgan fingerprint density at radius 3 is 2.44 bits per heavy atom. The number of thiophene rings is 1. The SMILES string of the molecule is Cl.Fc1c(Cl)cc(C(F)(F)F)cc1[C@H](c1ccsc1)N1CCNCC1. The van der Waals surface area contributed by atoms with E-state index in [1.54, 1.807) is 0 Å². The highest BCUT2D eigenvalue weighted by Gasteiger charge is 2.35. The molecule has 2 nitrogen and oxygen atoms in total. The summed E-state index contributed by atoms with van der Waals surface area (Å²) in [6.45, 7) is 2.64. The third kappa shape index (κ3) is 4.46. The van der Waals surface area contributed by atoms with Crippen molar-refractivity contribution in [3.8, 4) is 0 Å². The molecule has 0 radical (unpaired) electrons. The van der Waals surface area contributed by atoms with E-state index in [1.165, 1.54) is 11.3 Å². The van der Waals surface area contributed by atoms with Gasteiger partial charge in [-0.3, -0.25) is 4.90 Å². The van der Waals surface area contributed by atoms with Gasteiger partial charge in [-0.2, -0.15) is 24.5 Å². The first-order valence-electron chi connectivity index (χ1n) is 7.41. The van der Waals surface area contributed by atoms with Gasteiger partial charge < -0.3 is 5.32 Å². The number of rotatable bonds is 3. The van der Waals surface area contributed by atoms with Crippen LogP contribution in [0.1, 0.15) is 22.7 Å². The standard InChI is InChI=1S/C16H15ClF4N2S.ClH/c17-13-8-11(16(19,20)21)7-12(14(13)18)15(10-1-6-24-9-10)23-4-2-22-3-5-23;/h1,6-9,15,22H,2-5H2;1H/t15-;/m0./s1. The molecule has 0 amide bonds. The van der Waals surface area contributed by atoms with Gasteiger partial charge in [-0.1, -0.05) is 11.6 Å². The molecule has 0 bridgehead atoms. The Balaban J connectivity index is 0.00000225. The van der Waals surface area contributed by atoms with Crippen molar-refractivity contribution in [3.63, 3.8) is 0 Å². The van der Waals surface area contributed by atoms with Gasteiger partial charge in [0.05, 0.1) is 16.6 Å². The Morgan fingerprint density at radius 2 is 1.88 bits per heavy atom. The van der Waals surface area contributed by atoms with Gasteiger partial charge in [0.1, 0.15) is 5.82 Å². The van der Waals surface area contributed by atoms with E-state index in [-0.39, 0.29) is 18.0 Å². The van der Waals surface area contributed by atoms with Crippen LogP contribution in [0.3, 0.4) is 0 Å². The predicted octanol–water partition coefficient (Wildman–Crippen LogP) is 4.98. The summed E-state index contributed by atoms with van der Waals surface area (Å²) in [5.74, 6) is -0.792. The molecule has 1 aliphatic rings. The van der Waals surface area contributed by atoms with Crippen LogP contribution < -0.4 is 5.32 Å². The molecular weight excluding hydrogens is 399 g/mol. The minimum atomic E-state index is -4.57. The van der Waals surface area contributed by atoms with Gasteiger partial charge in [0.25, 0.3) is 0 Å². The van der Waals surface area contributed by atoms with Crippen LogP contribution in [0.25, 0.3) is 0 Å². The largest absolute Gasteiger partial charge is 0.416 e. The summed E-state index contributed by atoms with van der Waals surface area (Å²) in [5, 5.41) is 6.35. The molecule has 0 saturated carbocycles. The van der Waals surface area contributed by atoms with Crippen molar-refractivity contribution in [2.75, 3.05) is 26.2 Å². The van der Waals surface area contributed by atoms with Crippen LogP contribution in [0, 0.1) is 5.82 Å². The van der Waals surface area contributed by atoms with Crippen molar-refractivity contribution in [2.24, 2.45) is 0 Å². The maximum atomic E-state index is 14.6. The van der Waals surface area contributed by atoms with Crippen molar-refractivity contribution in [2.45, 2.75) is 12.2 Å². The number of hydrogen-bond acceptors (Lipinski definition) is 3. The summed E-state index contributed by atoms with van der Waals surface area (Å²) < 4.78 is 54.0. The molecule has 138 valence electrons. The van der Waals surface area contributed by atoms with E-state index in [0.29, 0.717) is 32.2 Å². The van der Waals surface area contributed by atoms with E-state index in [9.17, 15) is 17.6 Å². The number of piperazine rings is 1. The molecule has 0 aliphatic carbocycles. The lowest BCUT2D eigenvalue weighted by molar-refractivity contribution is -0.137. The lowest BCUT2D eigenvalue weighted by Gasteiger charge is -2.35. The first kappa shape index (κ1) is 20.5. The van der Waals surface area contributed by atoms with Gasteiger partial charge in [-0.05, 0) is 34.5 Å². The van der Waals surface area contributed by atoms with E-state index >= 15 is 0 Å². The van der Waals surface area contributed by atoms with E-state index in [4.69, 9.17) is 11.6 Å². The Kier molecular flexibility index (Phi) is 6.73. The zero-order valence-corrected chi connectivity index (χ0v) is 15.3. The fourth-order valence-electron chi connectivity index (χ4n) is 2.93. The molecule has 25 heavy (non-hydrogen) atoms. The van der Waals surface area contributed by atoms with Crippen molar-refractivity contribution in [1.82, 2.24) is 10.2 Å². The molecule has 0 spiro atoms. The third-order valence-corrected chi connectivity index (χ3v) is 5.03. The van der Waals surface area contributed by atoms with Crippen LogP contribution in [0.5, 0.6) is 0 Å². The number of nitrogens with one attached hydrogen (secondary N) is 1. The van der Waals surface area contributed by atoms with Gasteiger partial charge >= 0.3 is 6.18 Å². The van der Waals surface area contributed by atoms with Crippen LogP contribution in [0.4, 0.5) is 17.6 Å². The molecule has 3 rings (SSSR count). The molecule has 1 saturated heterocycles. The van der Waals surface area contributed by atoms with E-state index < -0.39 is 28.6 Å². The first-order valence-corrected chi connectivity index (χ1v) is 8.73. The average molecular weight is 415 g/mol. The summed E-state index contributed by atoms with van der Waals surface area (Å²) in [6.07, 6.45) is -4.57. The van der Waals surface area contributed by atoms with E-state index in [1.807, 2.05) is 21.7 Å². The maximum absolute atomic E-state index is 14.6. The molecule has 1 fully saturated rings. The zero-order valence-electron chi connectivity index (χ0n) is 12.9. The highest BCUT2D eigenvalue weighted by Crippen LogP contribution is 2.39. The monoisotopic (exact) mass is 414 g/mol. The molecule has 2 aromatic rings. The molecule has 1 aromatic carbocycles. The smallest absolute Gasteiger partial charge is 0.314 e. The van der Waals surface area contributed by atoms with Crippen LogP contribution in [0.2, 0.25) is 5.02 Å². The molecule has 1 aliphatic heterocycles. The molecule has 2 heterocycles. The predicted molar refractivity (Wildman–Crippen MR) is 94.3 cm³/mol. The number of hydrogen-bond donors (Lipinski definition) is 1. The van der Waals surface area contributed by atoms with Crippen LogP contribution in [0.15, 0.2) is 29.0 Å². The zero-order chi connectivity index (χ0) is 17.3. The van der Waals surface area contributed by atoms with Gasteiger partial charge in [0, 0.05) is 31.7 Å². The van der Waals surface area contributed by atoms with Gasteiger partial charge in [0.2, 0.25) is 0 Å². The molecule has 9 heteroatoms. The molecular formula is C16H16Cl2F4N2S. The normalized spacial score (nSPS) is 17.2. The molecule has 1 aromatic heterocycles. The lowest BCUT2D eigenvalue weighted by Crippen LogP contribution is -2.45. The maximum Gasteiger partial charge on any atom is 0.416 e. The second-order valence-electron chi connectivity index (χ2n) is 5.60. The van der Waals surface area contributed by atoms with Crippen molar-refractivity contribution in [1.29, 1.82) is 0 Å². The minimum Gasteiger partial charge on any atom is -0.314 e. The Bertz CT molecular complexity index is 701.